The maximum Gasteiger partial charge on any atom is 0.390 e. The summed E-state index contributed by atoms with van der Waals surface area (Å²) in [5.41, 5.74) is 5.01. The molecule has 0 aliphatic carbocycles. The molecule has 0 bridgehead atoms. The summed E-state index contributed by atoms with van der Waals surface area (Å²) in [4.78, 5) is 38.4. The van der Waals surface area contributed by atoms with E-state index in [0.717, 1.165) is 31.6 Å². The van der Waals surface area contributed by atoms with Crippen molar-refractivity contribution in [3.05, 3.63) is 115 Å². The van der Waals surface area contributed by atoms with Crippen molar-refractivity contribution in [2.75, 3.05) is 0 Å². The first-order valence-corrected chi connectivity index (χ1v) is 16.5. The lowest BCUT2D eigenvalue weighted by molar-refractivity contribution is -0.137. The average molecular weight is 729 g/mol. The van der Waals surface area contributed by atoms with Gasteiger partial charge in [-0.3, -0.25) is 19.0 Å². The number of hydrogen-bond acceptors (Lipinski definition) is 6. The highest BCUT2D eigenvalue weighted by Gasteiger charge is 2.30. The number of nitrogens with zero attached hydrogens (tertiary/aromatic N) is 6. The van der Waals surface area contributed by atoms with E-state index in [1.54, 1.807) is 13.8 Å². The summed E-state index contributed by atoms with van der Waals surface area (Å²) in [6.07, 6.45) is -10.8. The molecule has 0 radical (unpaired) electrons. The Labute approximate surface area is 293 Å². The fourth-order valence-corrected chi connectivity index (χ4v) is 5.85. The molecule has 0 saturated heterocycles. The maximum absolute atomic E-state index is 12.6. The molecule has 0 unspecified atom stereocenters. The van der Waals surface area contributed by atoms with Crippen LogP contribution < -0.4 is 11.1 Å². The summed E-state index contributed by atoms with van der Waals surface area (Å²) in [7, 11) is 0. The fourth-order valence-electron chi connectivity index (χ4n) is 5.85. The van der Waals surface area contributed by atoms with E-state index in [1.165, 1.54) is 0 Å². The summed E-state index contributed by atoms with van der Waals surface area (Å²) >= 11 is 0. The molecule has 6 rings (SSSR count). The van der Waals surface area contributed by atoms with E-state index in [-0.39, 0.29) is 22.9 Å². The lowest BCUT2D eigenvalue weighted by atomic mass is 9.96. The lowest BCUT2D eigenvalue weighted by Crippen LogP contribution is -2.17. The van der Waals surface area contributed by atoms with Gasteiger partial charge in [0.15, 0.2) is 11.0 Å². The first kappa shape index (κ1) is 38.0. The van der Waals surface area contributed by atoms with Gasteiger partial charge in [0.1, 0.15) is 22.7 Å². The van der Waals surface area contributed by atoms with E-state index >= 15 is 0 Å². The van der Waals surface area contributed by atoms with E-state index in [1.807, 2.05) is 76.2 Å². The van der Waals surface area contributed by atoms with Gasteiger partial charge >= 0.3 is 12.4 Å². The molecule has 0 fully saturated rings. The zero-order chi connectivity index (χ0) is 38.1. The third kappa shape index (κ3) is 8.77. The summed E-state index contributed by atoms with van der Waals surface area (Å²) < 4.78 is 78.0. The van der Waals surface area contributed by atoms with Gasteiger partial charge in [0.05, 0.1) is 37.3 Å². The third-order valence-corrected chi connectivity index (χ3v) is 8.67. The van der Waals surface area contributed by atoms with Crippen molar-refractivity contribution in [1.82, 2.24) is 39.5 Å². The number of fused-ring (bicyclic) bond motifs is 2. The van der Waals surface area contributed by atoms with Gasteiger partial charge in [-0.25, -0.2) is 9.97 Å². The van der Waals surface area contributed by atoms with Crippen LogP contribution in [-0.4, -0.2) is 51.8 Å². The Bertz CT molecular complexity index is 2140. The molecule has 0 aliphatic heterocycles. The number of aromatic nitrogens is 8. The molecular weight excluding hydrogens is 690 g/mol. The van der Waals surface area contributed by atoms with Crippen LogP contribution in [0, 0.1) is 27.7 Å². The maximum atomic E-state index is 12.6. The van der Waals surface area contributed by atoms with Gasteiger partial charge in [-0.2, -0.15) is 36.5 Å². The first-order chi connectivity index (χ1) is 24.3. The van der Waals surface area contributed by atoms with Crippen molar-refractivity contribution in [1.29, 1.82) is 0 Å². The van der Waals surface area contributed by atoms with Gasteiger partial charge in [0, 0.05) is 11.8 Å². The zero-order valence-electron chi connectivity index (χ0n) is 29.4. The zero-order valence-corrected chi connectivity index (χ0v) is 29.4. The Morgan fingerprint density at radius 1 is 0.596 bits per heavy atom. The van der Waals surface area contributed by atoms with Crippen molar-refractivity contribution in [3.63, 3.8) is 0 Å². The predicted molar refractivity (Wildman–Crippen MR) is 185 cm³/mol. The van der Waals surface area contributed by atoms with Crippen LogP contribution in [0.5, 0.6) is 0 Å². The van der Waals surface area contributed by atoms with Crippen LogP contribution in [0.3, 0.4) is 0 Å². The van der Waals surface area contributed by atoms with Crippen molar-refractivity contribution in [2.24, 2.45) is 0 Å². The summed E-state index contributed by atoms with van der Waals surface area (Å²) in [5, 5.41) is 8.65. The van der Waals surface area contributed by atoms with Crippen molar-refractivity contribution < 1.29 is 26.3 Å². The Morgan fingerprint density at radius 3 is 1.23 bits per heavy atom. The number of halogens is 6. The van der Waals surface area contributed by atoms with Crippen LogP contribution in [0.1, 0.15) is 83.8 Å². The second-order valence-electron chi connectivity index (χ2n) is 12.9. The molecule has 2 atom stereocenters. The standard InChI is InChI=1S/2C18H19F3N4O/c2*1-10-4-6-13(7-5-10)11(2)14-15-16(17(26)23-12(3)22-15)25(24-14)9-8-18(19,20)21/h2*4-7,11H,8-9H2,1-3H3,(H,22,23,26)/t2*11-/m10/s1. The van der Waals surface area contributed by atoms with Crippen LogP contribution in [-0.2, 0) is 13.1 Å². The molecule has 6 aromatic rings. The molecule has 2 aromatic carbocycles. The molecule has 0 saturated carbocycles. The molecular formula is C36H38F6N8O2. The second-order valence-corrected chi connectivity index (χ2v) is 12.9. The largest absolute Gasteiger partial charge is 0.390 e. The Hall–Kier alpha value is -5.28. The first-order valence-electron chi connectivity index (χ1n) is 16.5. The van der Waals surface area contributed by atoms with Gasteiger partial charge < -0.3 is 9.97 Å². The molecule has 0 amide bonds. The minimum atomic E-state index is -4.33. The van der Waals surface area contributed by atoms with E-state index < -0.39 is 49.4 Å². The van der Waals surface area contributed by atoms with E-state index in [0.29, 0.717) is 34.1 Å². The number of aryl methyl sites for hydroxylation is 6. The van der Waals surface area contributed by atoms with E-state index in [2.05, 4.69) is 30.1 Å². The monoisotopic (exact) mass is 728 g/mol. The Balaban J connectivity index is 0.000000201. The van der Waals surface area contributed by atoms with Gasteiger partial charge in [-0.15, -0.1) is 0 Å². The molecule has 16 heteroatoms. The number of aromatic amines is 2. The number of hydrogen-bond donors (Lipinski definition) is 2. The van der Waals surface area contributed by atoms with Crippen molar-refractivity contribution in [3.8, 4) is 0 Å². The highest BCUT2D eigenvalue weighted by molar-refractivity contribution is 5.78. The van der Waals surface area contributed by atoms with E-state index in [9.17, 15) is 35.9 Å². The van der Waals surface area contributed by atoms with Crippen LogP contribution in [0.2, 0.25) is 0 Å². The molecule has 0 aliphatic rings. The average Bonchev–Trinajstić information content (AvgIpc) is 3.61. The molecule has 2 N–H and O–H groups in total. The molecule has 0 spiro atoms. The van der Waals surface area contributed by atoms with Crippen LogP contribution in [0.15, 0.2) is 58.1 Å². The van der Waals surface area contributed by atoms with Crippen LogP contribution in [0.25, 0.3) is 22.1 Å². The molecule has 4 heterocycles. The lowest BCUT2D eigenvalue weighted by Gasteiger charge is -2.10. The van der Waals surface area contributed by atoms with Gasteiger partial charge in [-0.05, 0) is 38.8 Å². The highest BCUT2D eigenvalue weighted by atomic mass is 19.4. The smallest absolute Gasteiger partial charge is 0.309 e. The number of rotatable bonds is 8. The second kappa shape index (κ2) is 14.8. The fraction of sp³-hybridized carbons (Fsp3) is 0.389. The van der Waals surface area contributed by atoms with Crippen molar-refractivity contribution in [2.45, 2.75) is 91.7 Å². The number of benzene rings is 2. The van der Waals surface area contributed by atoms with Crippen molar-refractivity contribution >= 4 is 22.1 Å². The minimum Gasteiger partial charge on any atom is -0.309 e. The molecule has 4 aromatic heterocycles. The Morgan fingerprint density at radius 2 is 0.923 bits per heavy atom. The van der Waals surface area contributed by atoms with Crippen LogP contribution >= 0.6 is 0 Å². The van der Waals surface area contributed by atoms with E-state index in [4.69, 9.17) is 0 Å². The number of alkyl halides is 6. The quantitative estimate of drug-likeness (QED) is 0.155. The minimum absolute atomic E-state index is 0.0776. The summed E-state index contributed by atoms with van der Waals surface area (Å²) in [6.45, 7) is 10.2. The summed E-state index contributed by atoms with van der Waals surface area (Å²) in [6, 6.07) is 15.6. The third-order valence-electron chi connectivity index (χ3n) is 8.67. The SMILES string of the molecule is Cc1ccc([C@@H](C)c2nn(CCC(F)(F)F)c3c(=O)[nH]c(C)nc23)cc1.Cc1ccc([C@H](C)c2nn(CCC(F)(F)F)c3c(=O)[nH]c(C)nc23)cc1. The number of nitrogens with one attached hydrogen (secondary N) is 2. The van der Waals surface area contributed by atoms with Gasteiger partial charge in [-0.1, -0.05) is 73.5 Å². The Kier molecular flexibility index (Phi) is 10.8. The van der Waals surface area contributed by atoms with Crippen LogP contribution in [0.4, 0.5) is 26.3 Å². The normalized spacial score (nSPS) is 13.3. The van der Waals surface area contributed by atoms with Gasteiger partial charge in [0.2, 0.25) is 0 Å². The molecule has 52 heavy (non-hydrogen) atoms. The molecule has 10 nitrogen and oxygen atoms in total. The topological polar surface area (TPSA) is 127 Å². The highest BCUT2D eigenvalue weighted by Crippen LogP contribution is 2.31. The summed E-state index contributed by atoms with van der Waals surface area (Å²) in [5.74, 6) is 0.378. The van der Waals surface area contributed by atoms with Gasteiger partial charge in [0.25, 0.3) is 11.1 Å². The number of H-pyrrole nitrogens is 2. The predicted octanol–water partition coefficient (Wildman–Crippen LogP) is 7.68. The molecule has 276 valence electrons.